The van der Waals surface area contributed by atoms with Crippen LogP contribution in [-0.2, 0) is 0 Å². The van der Waals surface area contributed by atoms with Crippen molar-refractivity contribution in [1.29, 1.82) is 0 Å². The van der Waals surface area contributed by atoms with Crippen molar-refractivity contribution in [3.05, 3.63) is 35.9 Å². The second-order valence-corrected chi connectivity index (χ2v) is 1.65. The molecule has 0 aliphatic heterocycles. The quantitative estimate of drug-likeness (QED) is 0.604. The summed E-state index contributed by atoms with van der Waals surface area (Å²) in [5, 5.41) is 0. The summed E-state index contributed by atoms with van der Waals surface area (Å²) in [5.74, 6) is 0. The zero-order valence-corrected chi connectivity index (χ0v) is 8.51. The molecule has 0 spiro atoms. The normalized spacial score (nSPS) is 6.70. The maximum Gasteiger partial charge on any atom is -0.0398 e. The van der Waals surface area contributed by atoms with Crippen LogP contribution in [0, 0.1) is 6.92 Å². The summed E-state index contributed by atoms with van der Waals surface area (Å²) in [4.78, 5) is 0. The molecule has 0 saturated carbocycles. The first kappa shape index (κ1) is 12.4. The van der Waals surface area contributed by atoms with Gasteiger partial charge in [-0.2, -0.15) is 0 Å². The van der Waals surface area contributed by atoms with Crippen molar-refractivity contribution in [2.75, 3.05) is 0 Å². The lowest BCUT2D eigenvalue weighted by Gasteiger charge is -1.82. The Balaban J connectivity index is 0. The largest absolute Gasteiger partial charge is 0.114 e. The third-order valence-electron chi connectivity index (χ3n) is 0.940. The molecule has 0 amide bonds. The van der Waals surface area contributed by atoms with E-state index in [1.807, 2.05) is 32.0 Å². The van der Waals surface area contributed by atoms with Crippen molar-refractivity contribution < 1.29 is 0 Å². The van der Waals surface area contributed by atoms with Crippen LogP contribution < -0.4 is 0 Å². The van der Waals surface area contributed by atoms with Gasteiger partial charge in [0.1, 0.15) is 0 Å². The van der Waals surface area contributed by atoms with E-state index in [4.69, 9.17) is 0 Å². The Morgan fingerprint density at radius 1 is 0.900 bits per heavy atom. The number of aryl methyl sites for hydroxylation is 1. The molecule has 0 unspecified atom stereocenters. The van der Waals surface area contributed by atoms with Crippen LogP contribution in [-0.4, -0.2) is 0 Å². The van der Waals surface area contributed by atoms with Gasteiger partial charge in [0.2, 0.25) is 0 Å². The first-order valence-electron chi connectivity index (χ1n) is 3.41. The van der Waals surface area contributed by atoms with Crippen molar-refractivity contribution >= 4 is 17.0 Å². The van der Waals surface area contributed by atoms with Crippen LogP contribution >= 0.6 is 17.0 Å². The van der Waals surface area contributed by atoms with E-state index in [-0.39, 0.29) is 17.0 Å². The van der Waals surface area contributed by atoms with Crippen LogP contribution in [0.15, 0.2) is 30.3 Å². The molecule has 0 nitrogen and oxygen atoms in total. The van der Waals surface area contributed by atoms with E-state index >= 15 is 0 Å². The van der Waals surface area contributed by atoms with Gasteiger partial charge in [0.15, 0.2) is 0 Å². The van der Waals surface area contributed by atoms with Gasteiger partial charge >= 0.3 is 0 Å². The Morgan fingerprint density at radius 2 is 1.30 bits per heavy atom. The monoisotopic (exact) mass is 202 g/mol. The molecule has 0 aliphatic carbocycles. The highest BCUT2D eigenvalue weighted by Gasteiger charge is 1.72. The fraction of sp³-hybridized carbons (Fsp3) is 0.333. The van der Waals surface area contributed by atoms with E-state index in [0.29, 0.717) is 0 Å². The summed E-state index contributed by atoms with van der Waals surface area (Å²) in [6.45, 7) is 6.08. The molecule has 1 aromatic carbocycles. The van der Waals surface area contributed by atoms with Crippen molar-refractivity contribution in [2.45, 2.75) is 20.8 Å². The van der Waals surface area contributed by atoms with Crippen molar-refractivity contribution in [3.63, 3.8) is 0 Å². The molecule has 0 aliphatic rings. The third-order valence-corrected chi connectivity index (χ3v) is 0.940. The standard InChI is InChI=1S/C7H8.C2H6.BrH/c1-7-5-3-2-4-6-7;1-2;/h2-6H,1H3;1-2H3;1H. The zero-order valence-electron chi connectivity index (χ0n) is 6.79. The van der Waals surface area contributed by atoms with Crippen molar-refractivity contribution in [2.24, 2.45) is 0 Å². The molecule has 1 rings (SSSR count). The topological polar surface area (TPSA) is 0 Å². The molecule has 0 radical (unpaired) electrons. The highest BCUT2D eigenvalue weighted by Crippen LogP contribution is 1.92. The minimum atomic E-state index is 0. The molecule has 0 saturated heterocycles. The maximum atomic E-state index is 2.08. The van der Waals surface area contributed by atoms with Gasteiger partial charge in [-0.1, -0.05) is 49.7 Å². The molecule has 0 bridgehead atoms. The maximum absolute atomic E-state index is 2.08. The molecule has 0 N–H and O–H groups in total. The number of hydrogen-bond acceptors (Lipinski definition) is 0. The van der Waals surface area contributed by atoms with Gasteiger partial charge in [0.05, 0.1) is 0 Å². The van der Waals surface area contributed by atoms with Crippen LogP contribution in [0.5, 0.6) is 0 Å². The number of benzene rings is 1. The van der Waals surface area contributed by atoms with Crippen molar-refractivity contribution in [1.82, 2.24) is 0 Å². The molecule has 0 atom stereocenters. The van der Waals surface area contributed by atoms with Gasteiger partial charge in [-0.3, -0.25) is 0 Å². The number of halogens is 1. The Labute approximate surface area is 74.0 Å². The zero-order chi connectivity index (χ0) is 7.11. The molecule has 1 aromatic rings. The summed E-state index contributed by atoms with van der Waals surface area (Å²) < 4.78 is 0. The van der Waals surface area contributed by atoms with Gasteiger partial charge in [0.25, 0.3) is 0 Å². The second-order valence-electron chi connectivity index (χ2n) is 1.65. The molecular weight excluding hydrogens is 188 g/mol. The van der Waals surface area contributed by atoms with Crippen molar-refractivity contribution in [3.8, 4) is 0 Å². The van der Waals surface area contributed by atoms with E-state index < -0.39 is 0 Å². The summed E-state index contributed by atoms with van der Waals surface area (Å²) >= 11 is 0. The van der Waals surface area contributed by atoms with Crippen LogP contribution in [0.25, 0.3) is 0 Å². The Morgan fingerprint density at radius 3 is 1.50 bits per heavy atom. The van der Waals surface area contributed by atoms with Gasteiger partial charge in [-0.25, -0.2) is 0 Å². The summed E-state index contributed by atoms with van der Waals surface area (Å²) in [7, 11) is 0. The van der Waals surface area contributed by atoms with Crippen LogP contribution in [0.2, 0.25) is 0 Å². The number of rotatable bonds is 0. The Bertz CT molecular complexity index is 135. The van der Waals surface area contributed by atoms with E-state index in [9.17, 15) is 0 Å². The predicted molar refractivity (Wildman–Crippen MR) is 52.8 cm³/mol. The van der Waals surface area contributed by atoms with Gasteiger partial charge in [-0.15, -0.1) is 17.0 Å². The number of hydrogen-bond donors (Lipinski definition) is 0. The lowest BCUT2D eigenvalue weighted by atomic mass is 10.2. The molecular formula is C9H15Br. The minimum Gasteiger partial charge on any atom is -0.114 e. The summed E-state index contributed by atoms with van der Waals surface area (Å²) in [6.07, 6.45) is 0. The molecule has 0 fully saturated rings. The molecule has 10 heavy (non-hydrogen) atoms. The first-order valence-corrected chi connectivity index (χ1v) is 3.41. The lowest BCUT2D eigenvalue weighted by molar-refractivity contribution is 1.48. The first-order chi connectivity index (χ1) is 4.39. The Kier molecular flexibility index (Phi) is 10.8. The SMILES string of the molecule is Br.CC.Cc1ccccc1. The summed E-state index contributed by atoms with van der Waals surface area (Å²) in [5.41, 5.74) is 1.32. The average Bonchev–Trinajstić information content (AvgIpc) is 1.94. The highest BCUT2D eigenvalue weighted by molar-refractivity contribution is 8.93. The van der Waals surface area contributed by atoms with E-state index in [1.54, 1.807) is 0 Å². The minimum absolute atomic E-state index is 0. The van der Waals surface area contributed by atoms with Crippen LogP contribution in [0.4, 0.5) is 0 Å². The van der Waals surface area contributed by atoms with Crippen LogP contribution in [0.3, 0.4) is 0 Å². The molecule has 1 heteroatoms. The van der Waals surface area contributed by atoms with Gasteiger partial charge in [0, 0.05) is 0 Å². The van der Waals surface area contributed by atoms with E-state index in [2.05, 4.69) is 19.1 Å². The average molecular weight is 203 g/mol. The fourth-order valence-electron chi connectivity index (χ4n) is 0.534. The van der Waals surface area contributed by atoms with E-state index in [0.717, 1.165) is 0 Å². The van der Waals surface area contributed by atoms with E-state index in [1.165, 1.54) is 5.56 Å². The molecule has 0 aromatic heterocycles. The molecule has 58 valence electrons. The van der Waals surface area contributed by atoms with Crippen LogP contribution in [0.1, 0.15) is 19.4 Å². The lowest BCUT2D eigenvalue weighted by Crippen LogP contribution is -1.62. The van der Waals surface area contributed by atoms with Gasteiger partial charge in [-0.05, 0) is 6.92 Å². The molecule has 0 heterocycles. The fourth-order valence-corrected chi connectivity index (χ4v) is 0.534. The Hall–Kier alpha value is -0.300. The predicted octanol–water partition coefficient (Wildman–Crippen LogP) is 3.60. The second kappa shape index (κ2) is 8.70. The highest BCUT2D eigenvalue weighted by atomic mass is 79.9. The third kappa shape index (κ3) is 5.83. The summed E-state index contributed by atoms with van der Waals surface area (Å²) in [6, 6.07) is 10.3. The van der Waals surface area contributed by atoms with Gasteiger partial charge < -0.3 is 0 Å². The smallest absolute Gasteiger partial charge is 0.0398 e.